The molecule has 4 aliphatic rings. The van der Waals surface area contributed by atoms with Crippen molar-refractivity contribution in [1.29, 1.82) is 0 Å². The molecule has 0 saturated carbocycles. The van der Waals surface area contributed by atoms with Crippen molar-refractivity contribution in [3.63, 3.8) is 0 Å². The topological polar surface area (TPSA) is 286 Å². The van der Waals surface area contributed by atoms with Crippen molar-refractivity contribution in [3.05, 3.63) is 83.5 Å². The zero-order chi connectivity index (χ0) is 62.1. The summed E-state index contributed by atoms with van der Waals surface area (Å²) in [6, 6.07) is 6.13. The number of unbranched alkanes of at least 4 members (excludes halogenated alkanes) is 2. The van der Waals surface area contributed by atoms with E-state index in [0.29, 0.717) is 55.3 Å². The second-order valence-electron chi connectivity index (χ2n) is 23.9. The molecular weight excluding hydrogens is 1080 g/mol. The third-order valence-electron chi connectivity index (χ3n) is 16.2. The molecule has 84 heavy (non-hydrogen) atoms. The lowest BCUT2D eigenvalue weighted by molar-refractivity contribution is -0.168. The number of allylic oxidation sites excluding steroid dienone is 2. The molecule has 0 unspecified atom stereocenters. The van der Waals surface area contributed by atoms with Gasteiger partial charge >= 0.3 is 24.1 Å². The van der Waals surface area contributed by atoms with Crippen molar-refractivity contribution in [2.75, 3.05) is 32.7 Å². The molecule has 1 aromatic carbocycles. The number of nitrogens with one attached hydrogen (secondary N) is 1. The van der Waals surface area contributed by atoms with Crippen LogP contribution in [0.4, 0.5) is 9.59 Å². The Morgan fingerprint density at radius 3 is 2.15 bits per heavy atom. The van der Waals surface area contributed by atoms with Crippen LogP contribution >= 0.6 is 0 Å². The number of piperazine rings is 1. The number of carbonyl (C=O) groups is 9. The van der Waals surface area contributed by atoms with Crippen molar-refractivity contribution < 1.29 is 82.2 Å². The second-order valence-corrected chi connectivity index (χ2v) is 23.9. The summed E-state index contributed by atoms with van der Waals surface area (Å²) in [6.07, 6.45) is 8.08. The number of aliphatic hydroxyl groups is 3. The van der Waals surface area contributed by atoms with Gasteiger partial charge in [0.05, 0.1) is 42.5 Å². The molecule has 0 spiro atoms. The number of amides is 5. The van der Waals surface area contributed by atoms with E-state index in [9.17, 15) is 58.5 Å². The van der Waals surface area contributed by atoms with Gasteiger partial charge in [0.15, 0.2) is 11.9 Å². The van der Waals surface area contributed by atoms with Crippen molar-refractivity contribution in [2.45, 2.75) is 200 Å². The fourth-order valence-corrected chi connectivity index (χ4v) is 10.6. The van der Waals surface area contributed by atoms with Gasteiger partial charge in [0.25, 0.3) is 11.8 Å². The maximum atomic E-state index is 13.9. The van der Waals surface area contributed by atoms with E-state index in [1.54, 1.807) is 89.3 Å². The Labute approximate surface area is 494 Å². The second kappa shape index (κ2) is 31.5. The molecule has 0 bridgehead atoms. The highest BCUT2D eigenvalue weighted by molar-refractivity contribution is 6.12. The predicted octanol–water partition coefficient (Wildman–Crippen LogP) is 6.57. The number of benzene rings is 1. The number of rotatable bonds is 26. The Bertz CT molecular complexity index is 2580. The molecule has 21 heteroatoms. The number of nitrogens with zero attached hydrogens (tertiary/aromatic N) is 3. The first-order valence-electron chi connectivity index (χ1n) is 29.6. The summed E-state index contributed by atoms with van der Waals surface area (Å²) in [6.45, 7) is 17.8. The molecule has 0 aromatic heterocycles. The summed E-state index contributed by atoms with van der Waals surface area (Å²) in [5.41, 5.74) is -0.764. The number of aliphatic hydroxyl groups excluding tert-OH is 2. The minimum Gasteiger partial charge on any atom is -0.457 e. The van der Waals surface area contributed by atoms with Gasteiger partial charge < -0.3 is 54.1 Å². The molecule has 2 saturated heterocycles. The van der Waals surface area contributed by atoms with Gasteiger partial charge in [0, 0.05) is 95.2 Å². The highest BCUT2D eigenvalue weighted by Gasteiger charge is 2.47. The van der Waals surface area contributed by atoms with Crippen LogP contribution in [0, 0.1) is 23.7 Å². The lowest BCUT2D eigenvalue weighted by Gasteiger charge is -2.38. The Morgan fingerprint density at radius 1 is 0.905 bits per heavy atom. The van der Waals surface area contributed by atoms with Gasteiger partial charge in [-0.3, -0.25) is 38.5 Å². The van der Waals surface area contributed by atoms with E-state index >= 15 is 0 Å². The summed E-state index contributed by atoms with van der Waals surface area (Å²) in [5, 5.41) is 35.2. The Kier molecular flexibility index (Phi) is 25.6. The number of epoxide rings is 1. The number of imide groups is 1. The van der Waals surface area contributed by atoms with Gasteiger partial charge in [0.1, 0.15) is 24.1 Å². The van der Waals surface area contributed by atoms with Crippen molar-refractivity contribution >= 4 is 53.4 Å². The van der Waals surface area contributed by atoms with Gasteiger partial charge in [-0.1, -0.05) is 89.6 Å². The third kappa shape index (κ3) is 20.9. The largest absolute Gasteiger partial charge is 0.457 e. The average molecular weight is 1180 g/mol. The summed E-state index contributed by atoms with van der Waals surface area (Å²) >= 11 is 0. The smallest absolute Gasteiger partial charge is 0.410 e. The van der Waals surface area contributed by atoms with Gasteiger partial charge in [-0.15, -0.1) is 0 Å². The number of esters is 2. The van der Waals surface area contributed by atoms with Crippen LogP contribution in [-0.2, 0) is 70.3 Å². The van der Waals surface area contributed by atoms with Gasteiger partial charge in [-0.25, -0.2) is 9.59 Å². The van der Waals surface area contributed by atoms with Crippen LogP contribution in [0.3, 0.4) is 0 Å². The van der Waals surface area contributed by atoms with E-state index in [2.05, 4.69) is 5.32 Å². The number of Topliss-reactive ketones (excluding diaryl/α,β-unsaturated/α-hetero) is 2. The zero-order valence-corrected chi connectivity index (χ0v) is 50.6. The van der Waals surface area contributed by atoms with Crippen LogP contribution in [-0.4, -0.2) is 170 Å². The normalized spacial score (nSPS) is 25.8. The first-order chi connectivity index (χ1) is 39.6. The highest BCUT2D eigenvalue weighted by Crippen LogP contribution is 2.38. The molecule has 0 radical (unpaired) electrons. The molecule has 464 valence electrons. The number of ketones is 2. The van der Waals surface area contributed by atoms with E-state index in [1.165, 1.54) is 33.8 Å². The van der Waals surface area contributed by atoms with Crippen molar-refractivity contribution in [2.24, 2.45) is 23.7 Å². The molecule has 5 rings (SSSR count). The number of hydrogen-bond donors (Lipinski definition) is 4. The standard InChI is InChI=1S/C63H90N4O17/c1-11-50(71)42(6)58-52(81-58)37-62(9,79)27-15-16-40(4)57-41(5)18-23-53(63(10,84-44(8)68)28-26-48(70)36-56(75)83-57)82-61(78)66-32-30-65(31-33-66)60(77)80-38-46-21-19-45(20-22-46)34-51(72)43(7)64-59(76)49(39(2)3)35-47(69)17-13-12-14-29-67-54(73)24-25-55(67)74/h15-16,18-25,27,39,41-43,48-50,52-53,57-58,70-71,79H,11-14,17,26,28-38H2,1-10H3,(H,64,76)/b23-18+,27-15+,40-16+/t41-,42+,43-,48+,49-,50-,52+,53-,57+,58+,62-,63+/m0/s1. The van der Waals surface area contributed by atoms with Crippen molar-refractivity contribution in [1.82, 2.24) is 20.0 Å². The molecule has 5 amide bonds. The molecule has 4 heterocycles. The Balaban J connectivity index is 1.10. The van der Waals surface area contributed by atoms with Gasteiger partial charge in [-0.05, 0) is 88.5 Å². The average Bonchev–Trinajstić information content (AvgIpc) is 4.23. The molecule has 1 aromatic rings. The van der Waals surface area contributed by atoms with E-state index in [0.717, 1.165) is 0 Å². The van der Waals surface area contributed by atoms with Gasteiger partial charge in [-0.2, -0.15) is 0 Å². The van der Waals surface area contributed by atoms with Crippen LogP contribution in [0.15, 0.2) is 72.4 Å². The lowest BCUT2D eigenvalue weighted by atomic mass is 9.88. The van der Waals surface area contributed by atoms with Gasteiger partial charge in [0.2, 0.25) is 5.91 Å². The summed E-state index contributed by atoms with van der Waals surface area (Å²) in [4.78, 5) is 120. The van der Waals surface area contributed by atoms with E-state index in [1.807, 2.05) is 27.7 Å². The number of hydrogen-bond acceptors (Lipinski definition) is 17. The number of carbonyl (C=O) groups excluding carboxylic acids is 9. The predicted molar refractivity (Wildman–Crippen MR) is 309 cm³/mol. The molecule has 4 aliphatic heterocycles. The van der Waals surface area contributed by atoms with Crippen molar-refractivity contribution in [3.8, 4) is 0 Å². The quantitative estimate of drug-likeness (QED) is 0.0145. The molecule has 12 atom stereocenters. The maximum Gasteiger partial charge on any atom is 0.410 e. The van der Waals surface area contributed by atoms with Crippen LogP contribution in [0.25, 0.3) is 0 Å². The zero-order valence-electron chi connectivity index (χ0n) is 50.6. The highest BCUT2D eigenvalue weighted by atomic mass is 16.6. The number of ether oxygens (including phenoxy) is 5. The molecule has 21 nitrogen and oxygen atoms in total. The minimum absolute atomic E-state index is 0.00723. The third-order valence-corrected chi connectivity index (χ3v) is 16.2. The lowest BCUT2D eigenvalue weighted by Crippen LogP contribution is -2.53. The molecule has 2 fully saturated rings. The summed E-state index contributed by atoms with van der Waals surface area (Å²) in [5.74, 6) is -4.04. The Morgan fingerprint density at radius 2 is 1.54 bits per heavy atom. The van der Waals surface area contributed by atoms with E-state index in [4.69, 9.17) is 23.7 Å². The molecule has 0 aliphatic carbocycles. The Hall–Kier alpha value is -6.55. The first kappa shape index (κ1) is 68.2. The molecule has 4 N–H and O–H groups in total. The summed E-state index contributed by atoms with van der Waals surface area (Å²) in [7, 11) is 0. The minimum atomic E-state index is -1.48. The SMILES string of the molecule is CC[C@H](O)[C@@H](C)[C@H]1O[C@@H]1C[C@@](C)(O)/C=C/C=C(\C)[C@H]1OC(=O)C[C@H](O)CC[C@@](C)(OC(C)=O)[C@@H](OC(=O)N2CCN(C(=O)OCc3ccc(CC(=O)[C@H](C)NC(=O)[C@@H](CC(=O)CCCCCN4C(=O)C=CC4=O)C(C)C)cc3)CC2)/C=C/[C@@H]1C. The van der Waals surface area contributed by atoms with Crippen LogP contribution in [0.2, 0.25) is 0 Å². The van der Waals surface area contributed by atoms with Crippen LogP contribution in [0.1, 0.15) is 145 Å². The maximum absolute atomic E-state index is 13.9. The first-order valence-corrected chi connectivity index (χ1v) is 29.6. The van der Waals surface area contributed by atoms with Crippen LogP contribution in [0.5, 0.6) is 0 Å². The summed E-state index contributed by atoms with van der Waals surface area (Å²) < 4.78 is 29.3. The molecular formula is C63H90N4O17. The number of cyclic esters (lactones) is 1. The van der Waals surface area contributed by atoms with E-state index < -0.39 is 77.6 Å². The van der Waals surface area contributed by atoms with E-state index in [-0.39, 0.29) is 125 Å². The fraction of sp³-hybridized carbons (Fsp3) is 0.635. The monoisotopic (exact) mass is 1170 g/mol. The van der Waals surface area contributed by atoms with Crippen LogP contribution < -0.4 is 5.32 Å². The fourth-order valence-electron chi connectivity index (χ4n) is 10.6.